The highest BCUT2D eigenvalue weighted by molar-refractivity contribution is 6.30. The summed E-state index contributed by atoms with van der Waals surface area (Å²) in [4.78, 5) is 21.0. The summed E-state index contributed by atoms with van der Waals surface area (Å²) in [6, 6.07) is 15.5. The zero-order valence-electron chi connectivity index (χ0n) is 15.6. The summed E-state index contributed by atoms with van der Waals surface area (Å²) in [5, 5.41) is 12.6. The van der Waals surface area contributed by atoms with Gasteiger partial charge in [-0.3, -0.25) is 9.59 Å². The molecule has 0 amide bonds. The maximum absolute atomic E-state index is 11.8. The molecule has 0 fully saturated rings. The number of Topliss-reactive ketones (excluding diaryl/α,β-unsaturated/α-hetero) is 1. The van der Waals surface area contributed by atoms with Crippen LogP contribution in [0.25, 0.3) is 0 Å². The zero-order chi connectivity index (χ0) is 20.7. The molecule has 0 aliphatic carbocycles. The maximum atomic E-state index is 11.8. The second kappa shape index (κ2) is 14.2. The quantitative estimate of drug-likeness (QED) is 0.409. The number of carbonyl (C=O) groups is 2. The van der Waals surface area contributed by atoms with E-state index in [0.29, 0.717) is 30.0 Å². The van der Waals surface area contributed by atoms with Gasteiger partial charge in [-0.05, 0) is 50.2 Å². The Morgan fingerprint density at radius 1 is 1.19 bits per heavy atom. The average Bonchev–Trinajstić information content (AvgIpc) is 2.65. The summed E-state index contributed by atoms with van der Waals surface area (Å²) in [5.41, 5.74) is 6.87. The van der Waals surface area contributed by atoms with Crippen molar-refractivity contribution in [2.75, 3.05) is 13.7 Å². The van der Waals surface area contributed by atoms with E-state index >= 15 is 0 Å². The smallest absolute Gasteiger partial charge is 0.293 e. The number of aromatic hydroxyl groups is 1. The molecule has 0 spiro atoms. The van der Waals surface area contributed by atoms with Gasteiger partial charge in [0.1, 0.15) is 11.4 Å². The van der Waals surface area contributed by atoms with Gasteiger partial charge < -0.3 is 20.9 Å². The summed E-state index contributed by atoms with van der Waals surface area (Å²) < 4.78 is 4.15. The first-order valence-corrected chi connectivity index (χ1v) is 8.48. The summed E-state index contributed by atoms with van der Waals surface area (Å²) in [7, 11) is 1.64. The monoisotopic (exact) mass is 392 g/mol. The van der Waals surface area contributed by atoms with Gasteiger partial charge in [-0.1, -0.05) is 29.8 Å². The third-order valence-corrected chi connectivity index (χ3v) is 3.22. The molecule has 4 N–H and O–H groups in total. The van der Waals surface area contributed by atoms with Crippen molar-refractivity contribution in [3.63, 3.8) is 0 Å². The largest absolute Gasteiger partial charge is 0.508 e. The molecule has 6 nitrogen and oxygen atoms in total. The van der Waals surface area contributed by atoms with Crippen LogP contribution in [0.3, 0.4) is 0 Å². The van der Waals surface area contributed by atoms with Gasteiger partial charge in [0.25, 0.3) is 6.47 Å². The minimum Gasteiger partial charge on any atom is -0.508 e. The van der Waals surface area contributed by atoms with E-state index < -0.39 is 0 Å². The lowest BCUT2D eigenvalue weighted by atomic mass is 10.1. The van der Waals surface area contributed by atoms with Crippen LogP contribution in [-0.2, 0) is 9.53 Å². The minimum atomic E-state index is -0.183. The first kappa shape index (κ1) is 24.0. The molecule has 7 heteroatoms. The van der Waals surface area contributed by atoms with Gasteiger partial charge in [0, 0.05) is 23.3 Å². The first-order valence-electron chi connectivity index (χ1n) is 8.10. The van der Waals surface area contributed by atoms with E-state index in [0.717, 1.165) is 5.02 Å². The third kappa shape index (κ3) is 10.6. The number of nitrogens with one attached hydrogen (secondary N) is 1. The van der Waals surface area contributed by atoms with Crippen molar-refractivity contribution in [2.45, 2.75) is 13.8 Å². The van der Waals surface area contributed by atoms with Crippen LogP contribution in [0.1, 0.15) is 24.2 Å². The second-order valence-electron chi connectivity index (χ2n) is 5.03. The van der Waals surface area contributed by atoms with Gasteiger partial charge in [-0.2, -0.15) is 0 Å². The van der Waals surface area contributed by atoms with Gasteiger partial charge >= 0.3 is 0 Å². The van der Waals surface area contributed by atoms with E-state index in [1.165, 1.54) is 12.1 Å². The van der Waals surface area contributed by atoms with Crippen molar-refractivity contribution < 1.29 is 19.4 Å². The molecule has 146 valence electrons. The first-order chi connectivity index (χ1) is 12.9. The number of likely N-dealkylation sites (N-methyl/N-ethyl adjacent to an activating group) is 1. The molecule has 2 aromatic rings. The number of benzene rings is 2. The highest BCUT2D eigenvalue weighted by Crippen LogP contribution is 2.13. The molecule has 0 atom stereocenters. The Labute approximate surface area is 164 Å². The van der Waals surface area contributed by atoms with Crippen LogP contribution in [0, 0.1) is 0 Å². The molecule has 2 rings (SSSR count). The molecule has 0 aliphatic heterocycles. The standard InChI is InChI=1S/C11H14N2O2.C6H5Cl.C3H6O2/c1-7(12)10(13-2)11(15)8-3-5-9(14)6-4-8;7-6-4-2-1-3-5-6;1-2-5-3-4/h3-6,13-14H,12H2,1-2H3;1-5H;3H,2H2,1H3/b10-7+;;. The van der Waals surface area contributed by atoms with E-state index in [-0.39, 0.29) is 11.5 Å². The average molecular weight is 393 g/mol. The Morgan fingerprint density at radius 3 is 2.04 bits per heavy atom. The molecular weight excluding hydrogens is 368 g/mol. The van der Waals surface area contributed by atoms with Crippen molar-refractivity contribution in [3.8, 4) is 5.75 Å². The van der Waals surface area contributed by atoms with E-state index in [9.17, 15) is 9.59 Å². The van der Waals surface area contributed by atoms with Crippen LogP contribution in [0.4, 0.5) is 0 Å². The lowest BCUT2D eigenvalue weighted by molar-refractivity contribution is -0.128. The van der Waals surface area contributed by atoms with E-state index in [4.69, 9.17) is 22.4 Å². The molecule has 0 heterocycles. The molecule has 0 radical (unpaired) electrons. The fourth-order valence-corrected chi connectivity index (χ4v) is 1.88. The third-order valence-electron chi connectivity index (χ3n) is 2.97. The number of rotatable bonds is 5. The van der Waals surface area contributed by atoms with Crippen molar-refractivity contribution in [1.29, 1.82) is 0 Å². The van der Waals surface area contributed by atoms with Crippen LogP contribution in [-0.4, -0.2) is 31.0 Å². The number of ether oxygens (including phenoxy) is 1. The number of hydrogen-bond acceptors (Lipinski definition) is 6. The van der Waals surface area contributed by atoms with Crippen molar-refractivity contribution >= 4 is 23.9 Å². The second-order valence-corrected chi connectivity index (χ2v) is 5.47. The maximum Gasteiger partial charge on any atom is 0.293 e. The highest BCUT2D eigenvalue weighted by atomic mass is 35.5. The topological polar surface area (TPSA) is 102 Å². The Morgan fingerprint density at radius 2 is 1.74 bits per heavy atom. The van der Waals surface area contributed by atoms with Crippen LogP contribution in [0.2, 0.25) is 5.02 Å². The number of hydrogen-bond donors (Lipinski definition) is 3. The predicted octanol–water partition coefficient (Wildman–Crippen LogP) is 3.50. The van der Waals surface area contributed by atoms with E-state index in [1.54, 1.807) is 33.0 Å². The van der Waals surface area contributed by atoms with Gasteiger partial charge in [0.15, 0.2) is 0 Å². The molecule has 2 aromatic carbocycles. The number of phenolic OH excluding ortho intramolecular Hbond substituents is 1. The molecule has 27 heavy (non-hydrogen) atoms. The summed E-state index contributed by atoms with van der Waals surface area (Å²) in [6.07, 6.45) is 0. The summed E-state index contributed by atoms with van der Waals surface area (Å²) >= 11 is 5.54. The van der Waals surface area contributed by atoms with Crippen LogP contribution in [0.5, 0.6) is 5.75 Å². The van der Waals surface area contributed by atoms with Gasteiger partial charge in [0.2, 0.25) is 5.78 Å². The number of halogens is 1. The predicted molar refractivity (Wildman–Crippen MR) is 108 cm³/mol. The molecule has 0 saturated heterocycles. The van der Waals surface area contributed by atoms with Crippen molar-refractivity contribution in [1.82, 2.24) is 5.32 Å². The summed E-state index contributed by atoms with van der Waals surface area (Å²) in [6.45, 7) is 4.32. The lowest BCUT2D eigenvalue weighted by Crippen LogP contribution is -2.20. The fourth-order valence-electron chi connectivity index (χ4n) is 1.73. The Kier molecular flexibility index (Phi) is 12.6. The normalized spacial score (nSPS) is 10.1. The number of nitrogens with two attached hydrogens (primary N) is 1. The van der Waals surface area contributed by atoms with E-state index in [1.807, 2.05) is 30.3 Å². The highest BCUT2D eigenvalue weighted by Gasteiger charge is 2.12. The van der Waals surface area contributed by atoms with E-state index in [2.05, 4.69) is 10.1 Å². The van der Waals surface area contributed by atoms with Crippen LogP contribution < -0.4 is 11.1 Å². The molecule has 0 aliphatic rings. The Hall–Kier alpha value is -2.99. The number of ketones is 1. The molecular formula is C20H25ClN2O4. The van der Waals surface area contributed by atoms with Gasteiger partial charge in [0.05, 0.1) is 6.61 Å². The van der Waals surface area contributed by atoms with Crippen LogP contribution >= 0.6 is 11.6 Å². The molecule has 0 aromatic heterocycles. The van der Waals surface area contributed by atoms with Crippen molar-refractivity contribution in [3.05, 3.63) is 76.6 Å². The van der Waals surface area contributed by atoms with Gasteiger partial charge in [-0.15, -0.1) is 0 Å². The number of carbonyl (C=O) groups excluding carboxylic acids is 2. The minimum absolute atomic E-state index is 0.131. The Bertz CT molecular complexity index is 713. The molecule has 0 unspecified atom stereocenters. The van der Waals surface area contributed by atoms with Crippen LogP contribution in [0.15, 0.2) is 66.0 Å². The van der Waals surface area contributed by atoms with Crippen molar-refractivity contribution in [2.24, 2.45) is 5.73 Å². The van der Waals surface area contributed by atoms with Gasteiger partial charge in [-0.25, -0.2) is 0 Å². The number of phenols is 1. The SMILES string of the molecule is CCOC=O.CN/C(C(=O)c1ccc(O)cc1)=C(\C)N.Clc1ccccc1. The fraction of sp³-hybridized carbons (Fsp3) is 0.200. The number of allylic oxidation sites excluding steroid dienone is 2. The summed E-state index contributed by atoms with van der Waals surface area (Å²) in [5.74, 6) is -0.0523. The molecule has 0 saturated carbocycles. The zero-order valence-corrected chi connectivity index (χ0v) is 16.4. The Balaban J connectivity index is 0.000000463. The molecule has 0 bridgehead atoms. The lowest BCUT2D eigenvalue weighted by Gasteiger charge is -2.07.